The Bertz CT molecular complexity index is 132. The fourth-order valence-electron chi connectivity index (χ4n) is 1.02. The molecule has 1 unspecified atom stereocenters. The molecule has 1 atom stereocenters. The van der Waals surface area contributed by atoms with E-state index in [1.165, 1.54) is 7.11 Å². The lowest BCUT2D eigenvalue weighted by molar-refractivity contribution is -0.127. The van der Waals surface area contributed by atoms with E-state index in [1.807, 2.05) is 0 Å². The van der Waals surface area contributed by atoms with Crippen LogP contribution in [0.3, 0.4) is 0 Å². The van der Waals surface area contributed by atoms with E-state index in [0.717, 1.165) is 6.54 Å². The maximum atomic E-state index is 11.1. The molecule has 0 aliphatic carbocycles. The van der Waals surface area contributed by atoms with Crippen LogP contribution < -0.4 is 5.32 Å². The molecule has 0 spiro atoms. The molecule has 1 N–H and O–H groups in total. The second-order valence-corrected chi connectivity index (χ2v) is 2.48. The molecule has 1 saturated heterocycles. The van der Waals surface area contributed by atoms with Gasteiger partial charge in [0.1, 0.15) is 6.61 Å². The molecule has 0 amide bonds. The third kappa shape index (κ3) is 2.57. The monoisotopic (exact) mass is 159 g/mol. The number of hydrogen-bond donors (Lipinski definition) is 1. The molecule has 64 valence electrons. The van der Waals surface area contributed by atoms with Gasteiger partial charge in [-0.2, -0.15) is 0 Å². The summed E-state index contributed by atoms with van der Waals surface area (Å²) in [6, 6.07) is -0.163. The molecule has 1 rings (SSSR count). The van der Waals surface area contributed by atoms with E-state index in [4.69, 9.17) is 9.47 Å². The SMILES string of the molecule is COCC(=O)C1COCCN1. The van der Waals surface area contributed by atoms with Crippen molar-refractivity contribution in [2.45, 2.75) is 6.04 Å². The maximum Gasteiger partial charge on any atom is 0.177 e. The van der Waals surface area contributed by atoms with Crippen LogP contribution in [0.2, 0.25) is 0 Å². The van der Waals surface area contributed by atoms with Crippen LogP contribution in [-0.4, -0.2) is 45.3 Å². The van der Waals surface area contributed by atoms with E-state index in [9.17, 15) is 4.79 Å². The summed E-state index contributed by atoms with van der Waals surface area (Å²) < 4.78 is 9.82. The molecule has 0 aromatic carbocycles. The predicted octanol–water partition coefficient (Wildman–Crippen LogP) is -0.810. The highest BCUT2D eigenvalue weighted by atomic mass is 16.5. The molecule has 0 aromatic rings. The molecule has 11 heavy (non-hydrogen) atoms. The van der Waals surface area contributed by atoms with E-state index in [2.05, 4.69) is 5.32 Å². The van der Waals surface area contributed by atoms with Gasteiger partial charge in [-0.25, -0.2) is 0 Å². The largest absolute Gasteiger partial charge is 0.378 e. The van der Waals surface area contributed by atoms with Gasteiger partial charge >= 0.3 is 0 Å². The molecule has 1 aliphatic heterocycles. The molecule has 1 heterocycles. The number of carbonyl (C=O) groups is 1. The van der Waals surface area contributed by atoms with Gasteiger partial charge < -0.3 is 14.8 Å². The lowest BCUT2D eigenvalue weighted by Crippen LogP contribution is -2.47. The summed E-state index contributed by atoms with van der Waals surface area (Å²) in [5.74, 6) is 0.0622. The van der Waals surface area contributed by atoms with Gasteiger partial charge in [0.15, 0.2) is 5.78 Å². The first-order valence-corrected chi connectivity index (χ1v) is 3.67. The van der Waals surface area contributed by atoms with Crippen LogP contribution in [0.15, 0.2) is 0 Å². The van der Waals surface area contributed by atoms with E-state index < -0.39 is 0 Å². The average molecular weight is 159 g/mol. The van der Waals surface area contributed by atoms with Crippen molar-refractivity contribution in [3.63, 3.8) is 0 Å². The van der Waals surface area contributed by atoms with Crippen molar-refractivity contribution in [1.29, 1.82) is 0 Å². The van der Waals surface area contributed by atoms with Gasteiger partial charge in [-0.1, -0.05) is 0 Å². The van der Waals surface area contributed by atoms with Gasteiger partial charge in [-0.3, -0.25) is 4.79 Å². The number of ketones is 1. The van der Waals surface area contributed by atoms with Gasteiger partial charge in [-0.15, -0.1) is 0 Å². The van der Waals surface area contributed by atoms with Crippen LogP contribution in [-0.2, 0) is 14.3 Å². The third-order valence-electron chi connectivity index (χ3n) is 1.60. The van der Waals surface area contributed by atoms with Gasteiger partial charge in [0.2, 0.25) is 0 Å². The van der Waals surface area contributed by atoms with Crippen LogP contribution in [0.4, 0.5) is 0 Å². The van der Waals surface area contributed by atoms with E-state index in [1.54, 1.807) is 0 Å². The zero-order valence-corrected chi connectivity index (χ0v) is 6.63. The molecule has 0 aromatic heterocycles. The molecular formula is C7H13NO3. The van der Waals surface area contributed by atoms with Gasteiger partial charge in [-0.05, 0) is 0 Å². The summed E-state index contributed by atoms with van der Waals surface area (Å²) in [5.41, 5.74) is 0. The lowest BCUT2D eigenvalue weighted by atomic mass is 10.2. The molecular weight excluding hydrogens is 146 g/mol. The van der Waals surface area contributed by atoms with Gasteiger partial charge in [0.25, 0.3) is 0 Å². The number of nitrogens with one attached hydrogen (secondary N) is 1. The first-order valence-electron chi connectivity index (χ1n) is 3.67. The minimum atomic E-state index is -0.163. The smallest absolute Gasteiger partial charge is 0.177 e. The van der Waals surface area contributed by atoms with Crippen molar-refractivity contribution in [2.24, 2.45) is 0 Å². The zero-order valence-electron chi connectivity index (χ0n) is 6.63. The van der Waals surface area contributed by atoms with E-state index in [-0.39, 0.29) is 18.4 Å². The molecule has 4 heteroatoms. The molecule has 1 fully saturated rings. The van der Waals surface area contributed by atoms with Crippen LogP contribution in [0.25, 0.3) is 0 Å². The first-order chi connectivity index (χ1) is 5.34. The van der Waals surface area contributed by atoms with Crippen LogP contribution in [0.1, 0.15) is 0 Å². The van der Waals surface area contributed by atoms with Crippen molar-refractivity contribution in [3.05, 3.63) is 0 Å². The Hall–Kier alpha value is -0.450. The fourth-order valence-corrected chi connectivity index (χ4v) is 1.02. The topological polar surface area (TPSA) is 47.6 Å². The van der Waals surface area contributed by atoms with Crippen molar-refractivity contribution >= 4 is 5.78 Å². The molecule has 0 bridgehead atoms. The standard InChI is InChI=1S/C7H13NO3/c1-10-5-7(9)6-4-11-3-2-8-6/h6,8H,2-5H2,1H3. The normalized spacial score (nSPS) is 25.0. The minimum Gasteiger partial charge on any atom is -0.378 e. The van der Waals surface area contributed by atoms with E-state index >= 15 is 0 Å². The number of Topliss-reactive ketones (excluding diaryl/α,β-unsaturated/α-hetero) is 1. The number of hydrogen-bond acceptors (Lipinski definition) is 4. The Labute approximate surface area is 65.9 Å². The highest BCUT2D eigenvalue weighted by Gasteiger charge is 2.20. The third-order valence-corrected chi connectivity index (χ3v) is 1.60. The van der Waals surface area contributed by atoms with Gasteiger partial charge in [0.05, 0.1) is 19.3 Å². The van der Waals surface area contributed by atoms with Crippen molar-refractivity contribution < 1.29 is 14.3 Å². The van der Waals surface area contributed by atoms with Gasteiger partial charge in [0, 0.05) is 13.7 Å². The number of carbonyl (C=O) groups excluding carboxylic acids is 1. The Kier molecular flexibility index (Phi) is 3.48. The summed E-state index contributed by atoms with van der Waals surface area (Å²) in [4.78, 5) is 11.1. The van der Waals surface area contributed by atoms with Crippen LogP contribution in [0, 0.1) is 0 Å². The highest BCUT2D eigenvalue weighted by molar-refractivity contribution is 5.85. The fraction of sp³-hybridized carbons (Fsp3) is 0.857. The van der Waals surface area contributed by atoms with Crippen LogP contribution in [0.5, 0.6) is 0 Å². The predicted molar refractivity (Wildman–Crippen MR) is 39.5 cm³/mol. The number of rotatable bonds is 3. The number of ether oxygens (including phenoxy) is 2. The van der Waals surface area contributed by atoms with Crippen LogP contribution >= 0.6 is 0 Å². The lowest BCUT2D eigenvalue weighted by Gasteiger charge is -2.22. The molecule has 4 nitrogen and oxygen atoms in total. The first kappa shape index (κ1) is 8.64. The van der Waals surface area contributed by atoms with E-state index in [0.29, 0.717) is 13.2 Å². The summed E-state index contributed by atoms with van der Waals surface area (Å²) in [7, 11) is 1.52. The number of methoxy groups -OCH3 is 1. The van der Waals surface area contributed by atoms with Crippen molar-refractivity contribution in [3.8, 4) is 0 Å². The second kappa shape index (κ2) is 4.43. The number of morpholine rings is 1. The Morgan fingerprint density at radius 1 is 1.82 bits per heavy atom. The zero-order chi connectivity index (χ0) is 8.10. The molecule has 1 aliphatic rings. The Morgan fingerprint density at radius 2 is 2.64 bits per heavy atom. The Balaban J connectivity index is 2.27. The molecule has 0 saturated carbocycles. The summed E-state index contributed by atoms with van der Waals surface area (Å²) >= 11 is 0. The highest BCUT2D eigenvalue weighted by Crippen LogP contribution is 1.94. The minimum absolute atomic E-state index is 0.0622. The summed E-state index contributed by atoms with van der Waals surface area (Å²) in [6.07, 6.45) is 0. The summed E-state index contributed by atoms with van der Waals surface area (Å²) in [5, 5.41) is 3.05. The Morgan fingerprint density at radius 3 is 3.18 bits per heavy atom. The average Bonchev–Trinajstić information content (AvgIpc) is 2.07. The van der Waals surface area contributed by atoms with Crippen molar-refractivity contribution in [2.75, 3.05) is 33.5 Å². The quantitative estimate of drug-likeness (QED) is 0.585. The second-order valence-electron chi connectivity index (χ2n) is 2.48. The van der Waals surface area contributed by atoms with Crippen molar-refractivity contribution in [1.82, 2.24) is 5.32 Å². The molecule has 0 radical (unpaired) electrons. The summed E-state index contributed by atoms with van der Waals surface area (Å²) in [6.45, 7) is 2.08. The maximum absolute atomic E-state index is 11.1.